The summed E-state index contributed by atoms with van der Waals surface area (Å²) >= 11 is 0. The zero-order valence-corrected chi connectivity index (χ0v) is 17.9. The fourth-order valence-electron chi connectivity index (χ4n) is 3.56. The van der Waals surface area contributed by atoms with Gasteiger partial charge in [0.15, 0.2) is 0 Å². The molecular weight excluding hydrogens is 406 g/mol. The maximum absolute atomic E-state index is 13.3. The lowest BCUT2D eigenvalue weighted by atomic mass is 10.1. The molecule has 1 aromatic heterocycles. The predicted octanol–water partition coefficient (Wildman–Crippen LogP) is 3.17. The summed E-state index contributed by atoms with van der Waals surface area (Å²) in [5.41, 5.74) is 2.03. The maximum atomic E-state index is 13.3. The van der Waals surface area contributed by atoms with Crippen LogP contribution in [0.15, 0.2) is 82.4 Å². The van der Waals surface area contributed by atoms with Gasteiger partial charge in [-0.2, -0.15) is 0 Å². The van der Waals surface area contributed by atoms with Gasteiger partial charge in [0.2, 0.25) is 5.91 Å². The Morgan fingerprint density at radius 2 is 1.59 bits per heavy atom. The number of benzene rings is 3. The van der Waals surface area contributed by atoms with Crippen LogP contribution >= 0.6 is 0 Å². The van der Waals surface area contributed by atoms with Crippen LogP contribution in [0.4, 0.5) is 5.69 Å². The van der Waals surface area contributed by atoms with E-state index >= 15 is 0 Å². The van der Waals surface area contributed by atoms with E-state index in [4.69, 9.17) is 4.74 Å². The van der Waals surface area contributed by atoms with Crippen molar-refractivity contribution in [1.29, 1.82) is 0 Å². The third kappa shape index (κ3) is 4.32. The molecule has 0 bridgehead atoms. The molecule has 32 heavy (non-hydrogen) atoms. The molecular formula is C25H23N3O4. The molecule has 0 atom stereocenters. The van der Waals surface area contributed by atoms with Crippen molar-refractivity contribution in [2.24, 2.45) is 0 Å². The third-order valence-corrected chi connectivity index (χ3v) is 5.27. The minimum absolute atomic E-state index is 0.128. The number of methoxy groups -OCH3 is 1. The number of rotatable bonds is 6. The summed E-state index contributed by atoms with van der Waals surface area (Å²) in [6, 6.07) is 21.4. The van der Waals surface area contributed by atoms with Gasteiger partial charge >= 0.3 is 5.69 Å². The number of amides is 1. The van der Waals surface area contributed by atoms with Crippen LogP contribution in [0.5, 0.6) is 5.75 Å². The average Bonchev–Trinajstić information content (AvgIpc) is 2.81. The van der Waals surface area contributed by atoms with E-state index in [9.17, 15) is 14.4 Å². The minimum atomic E-state index is -0.529. The molecule has 7 nitrogen and oxygen atoms in total. The molecule has 4 aromatic rings. The topological polar surface area (TPSA) is 82.3 Å². The molecule has 0 aliphatic carbocycles. The van der Waals surface area contributed by atoms with Crippen LogP contribution in [0.25, 0.3) is 10.9 Å². The molecule has 0 unspecified atom stereocenters. The lowest BCUT2D eigenvalue weighted by Gasteiger charge is -2.14. The van der Waals surface area contributed by atoms with Crippen molar-refractivity contribution in [1.82, 2.24) is 9.13 Å². The van der Waals surface area contributed by atoms with E-state index < -0.39 is 5.69 Å². The standard InChI is InChI=1S/C25H23N3O4/c1-17-7-9-18(10-8-17)15-28-24(30)21-5-3-4-6-22(21)27(25(28)31)16-23(29)26-19-11-13-20(32-2)14-12-19/h3-14H,15-16H2,1-2H3,(H,26,29). The Kier molecular flexibility index (Phi) is 5.89. The summed E-state index contributed by atoms with van der Waals surface area (Å²) in [6.45, 7) is 1.88. The summed E-state index contributed by atoms with van der Waals surface area (Å²) in [5.74, 6) is 0.302. The van der Waals surface area contributed by atoms with Crippen LogP contribution in [0.1, 0.15) is 11.1 Å². The van der Waals surface area contributed by atoms with E-state index in [2.05, 4.69) is 5.32 Å². The van der Waals surface area contributed by atoms with E-state index in [0.717, 1.165) is 11.1 Å². The van der Waals surface area contributed by atoms with Crippen molar-refractivity contribution in [3.05, 3.63) is 105 Å². The first-order chi connectivity index (χ1) is 15.5. The lowest BCUT2D eigenvalue weighted by Crippen LogP contribution is -2.42. The van der Waals surface area contributed by atoms with Crippen molar-refractivity contribution < 1.29 is 9.53 Å². The second-order valence-corrected chi connectivity index (χ2v) is 7.54. The normalized spacial score (nSPS) is 10.8. The Balaban J connectivity index is 1.71. The van der Waals surface area contributed by atoms with Crippen LogP contribution in [0.3, 0.4) is 0 Å². The van der Waals surface area contributed by atoms with Gasteiger partial charge in [-0.25, -0.2) is 4.79 Å². The van der Waals surface area contributed by atoms with Crippen molar-refractivity contribution in [3.63, 3.8) is 0 Å². The SMILES string of the molecule is COc1ccc(NC(=O)Cn2c(=O)n(Cc3ccc(C)cc3)c(=O)c3ccccc32)cc1. The zero-order valence-electron chi connectivity index (χ0n) is 17.9. The molecule has 0 spiro atoms. The van der Waals surface area contributed by atoms with Gasteiger partial charge in [0, 0.05) is 5.69 Å². The smallest absolute Gasteiger partial charge is 0.332 e. The van der Waals surface area contributed by atoms with E-state index in [1.54, 1.807) is 55.6 Å². The van der Waals surface area contributed by atoms with Crippen molar-refractivity contribution in [3.8, 4) is 5.75 Å². The zero-order chi connectivity index (χ0) is 22.7. The van der Waals surface area contributed by atoms with E-state index in [-0.39, 0.29) is 24.6 Å². The minimum Gasteiger partial charge on any atom is -0.497 e. The molecule has 0 fully saturated rings. The molecule has 3 aromatic carbocycles. The van der Waals surface area contributed by atoms with Gasteiger partial charge in [0.1, 0.15) is 12.3 Å². The summed E-state index contributed by atoms with van der Waals surface area (Å²) in [4.78, 5) is 39.1. The number of aryl methyl sites for hydroxylation is 1. The van der Waals surface area contributed by atoms with Gasteiger partial charge in [0.05, 0.1) is 24.6 Å². The fraction of sp³-hybridized carbons (Fsp3) is 0.160. The average molecular weight is 429 g/mol. The molecule has 1 heterocycles. The maximum Gasteiger partial charge on any atom is 0.332 e. The molecule has 0 aliphatic rings. The van der Waals surface area contributed by atoms with Crippen LogP contribution in [-0.2, 0) is 17.9 Å². The second-order valence-electron chi connectivity index (χ2n) is 7.54. The van der Waals surface area contributed by atoms with Gasteiger partial charge in [-0.1, -0.05) is 42.0 Å². The molecule has 1 amide bonds. The van der Waals surface area contributed by atoms with Crippen LogP contribution in [0.2, 0.25) is 0 Å². The van der Waals surface area contributed by atoms with Gasteiger partial charge in [-0.15, -0.1) is 0 Å². The highest BCUT2D eigenvalue weighted by Crippen LogP contribution is 2.15. The van der Waals surface area contributed by atoms with Crippen LogP contribution in [-0.4, -0.2) is 22.2 Å². The van der Waals surface area contributed by atoms with Crippen LogP contribution < -0.4 is 21.3 Å². The van der Waals surface area contributed by atoms with Crippen molar-refractivity contribution >= 4 is 22.5 Å². The Morgan fingerprint density at radius 3 is 2.28 bits per heavy atom. The summed E-state index contributed by atoms with van der Waals surface area (Å²) < 4.78 is 7.63. The molecule has 4 rings (SSSR count). The summed E-state index contributed by atoms with van der Waals surface area (Å²) in [5, 5.41) is 3.17. The monoisotopic (exact) mass is 429 g/mol. The summed E-state index contributed by atoms with van der Waals surface area (Å²) in [7, 11) is 1.57. The quantitative estimate of drug-likeness (QED) is 0.510. The highest BCUT2D eigenvalue weighted by Gasteiger charge is 2.15. The molecule has 0 saturated carbocycles. The predicted molar refractivity (Wildman–Crippen MR) is 124 cm³/mol. The molecule has 0 radical (unpaired) electrons. The van der Waals surface area contributed by atoms with E-state index in [1.165, 1.54) is 9.13 Å². The number of hydrogen-bond donors (Lipinski definition) is 1. The number of ether oxygens (including phenoxy) is 1. The molecule has 7 heteroatoms. The van der Waals surface area contributed by atoms with Crippen molar-refractivity contribution in [2.75, 3.05) is 12.4 Å². The number of nitrogens with zero attached hydrogens (tertiary/aromatic N) is 2. The van der Waals surface area contributed by atoms with Crippen molar-refractivity contribution in [2.45, 2.75) is 20.0 Å². The highest BCUT2D eigenvalue weighted by atomic mass is 16.5. The number of carbonyl (C=O) groups excluding carboxylic acids is 1. The molecule has 0 saturated heterocycles. The number of anilines is 1. The highest BCUT2D eigenvalue weighted by molar-refractivity contribution is 5.91. The molecule has 1 N–H and O–H groups in total. The Labute approximate surface area is 184 Å². The first-order valence-corrected chi connectivity index (χ1v) is 10.2. The largest absolute Gasteiger partial charge is 0.497 e. The third-order valence-electron chi connectivity index (χ3n) is 5.27. The van der Waals surface area contributed by atoms with Gasteiger partial charge in [-0.05, 0) is 48.9 Å². The van der Waals surface area contributed by atoms with Gasteiger partial charge < -0.3 is 10.1 Å². The fourth-order valence-corrected chi connectivity index (χ4v) is 3.56. The second kappa shape index (κ2) is 8.93. The first kappa shape index (κ1) is 21.1. The number of fused-ring (bicyclic) bond motifs is 1. The molecule has 0 aliphatic heterocycles. The Bertz CT molecular complexity index is 1380. The van der Waals surface area contributed by atoms with Crippen LogP contribution in [0, 0.1) is 6.92 Å². The van der Waals surface area contributed by atoms with E-state index in [0.29, 0.717) is 22.3 Å². The summed E-state index contributed by atoms with van der Waals surface area (Å²) in [6.07, 6.45) is 0. The number of carbonyl (C=O) groups is 1. The number of para-hydroxylation sites is 1. The van der Waals surface area contributed by atoms with Gasteiger partial charge in [-0.3, -0.25) is 18.7 Å². The molecule has 162 valence electrons. The Morgan fingerprint density at radius 1 is 0.906 bits per heavy atom. The first-order valence-electron chi connectivity index (χ1n) is 10.2. The number of aromatic nitrogens is 2. The number of hydrogen-bond acceptors (Lipinski definition) is 4. The number of nitrogens with one attached hydrogen (secondary N) is 1. The van der Waals surface area contributed by atoms with E-state index in [1.807, 2.05) is 31.2 Å². The lowest BCUT2D eigenvalue weighted by molar-refractivity contribution is -0.116. The van der Waals surface area contributed by atoms with Gasteiger partial charge in [0.25, 0.3) is 5.56 Å². The Hall–Kier alpha value is -4.13.